The fourth-order valence-corrected chi connectivity index (χ4v) is 4.32. The molecule has 148 valence electrons. The van der Waals surface area contributed by atoms with Gasteiger partial charge in [-0.3, -0.25) is 9.59 Å². The Morgan fingerprint density at radius 3 is 2.57 bits per heavy atom. The van der Waals surface area contributed by atoms with Crippen molar-refractivity contribution in [3.63, 3.8) is 0 Å². The van der Waals surface area contributed by atoms with Crippen molar-refractivity contribution in [3.05, 3.63) is 62.5 Å². The van der Waals surface area contributed by atoms with E-state index in [9.17, 15) is 9.59 Å². The van der Waals surface area contributed by atoms with Crippen LogP contribution in [-0.4, -0.2) is 41.0 Å². The van der Waals surface area contributed by atoms with Crippen LogP contribution in [0.25, 0.3) is 10.2 Å². The first-order valence-electron chi connectivity index (χ1n) is 9.31. The normalized spacial score (nSPS) is 12.5. The molecule has 3 rings (SSSR count). The molecule has 28 heavy (non-hydrogen) atoms. The second-order valence-corrected chi connectivity index (χ2v) is 8.18. The summed E-state index contributed by atoms with van der Waals surface area (Å²) in [6.45, 7) is 4.42. The van der Waals surface area contributed by atoms with E-state index in [0.717, 1.165) is 12.0 Å². The Morgan fingerprint density at radius 2 is 1.96 bits per heavy atom. The molecule has 0 aliphatic carbocycles. The van der Waals surface area contributed by atoms with E-state index in [2.05, 4.69) is 46.4 Å². The average Bonchev–Trinajstić information content (AvgIpc) is 3.02. The zero-order chi connectivity index (χ0) is 20.4. The third-order valence-electron chi connectivity index (χ3n) is 5.07. The van der Waals surface area contributed by atoms with Gasteiger partial charge in [0.2, 0.25) is 0 Å². The summed E-state index contributed by atoms with van der Waals surface area (Å²) in [5, 5.41) is 3.56. The number of rotatable bonds is 6. The molecular formula is C21H26N4O2S. The molecule has 7 heteroatoms. The van der Waals surface area contributed by atoms with Crippen LogP contribution in [0.15, 0.2) is 35.4 Å². The summed E-state index contributed by atoms with van der Waals surface area (Å²) in [4.78, 5) is 32.7. The number of carbonyl (C=O) groups excluding carboxylic acids is 1. The number of nitrogens with zero attached hydrogens (tertiary/aromatic N) is 3. The summed E-state index contributed by atoms with van der Waals surface area (Å²) in [5.41, 5.74) is 3.02. The number of thiophene rings is 1. The minimum absolute atomic E-state index is 0.0653. The van der Waals surface area contributed by atoms with Crippen molar-refractivity contribution in [2.24, 2.45) is 7.05 Å². The van der Waals surface area contributed by atoms with E-state index in [-0.39, 0.29) is 17.5 Å². The highest BCUT2D eigenvalue weighted by Gasteiger charge is 2.21. The highest BCUT2D eigenvalue weighted by Crippen LogP contribution is 2.27. The molecule has 2 heterocycles. The third-order valence-corrected chi connectivity index (χ3v) is 6.27. The van der Waals surface area contributed by atoms with Crippen LogP contribution < -0.4 is 10.9 Å². The van der Waals surface area contributed by atoms with Gasteiger partial charge in [0.1, 0.15) is 4.83 Å². The molecule has 0 fully saturated rings. The molecule has 1 amide bonds. The van der Waals surface area contributed by atoms with Gasteiger partial charge in [-0.1, -0.05) is 31.2 Å². The molecule has 0 bridgehead atoms. The van der Waals surface area contributed by atoms with Crippen LogP contribution in [0, 0.1) is 6.92 Å². The maximum absolute atomic E-state index is 12.8. The molecule has 1 atom stereocenters. The van der Waals surface area contributed by atoms with Gasteiger partial charge in [-0.25, -0.2) is 4.98 Å². The van der Waals surface area contributed by atoms with Gasteiger partial charge in [0.25, 0.3) is 11.5 Å². The molecule has 0 radical (unpaired) electrons. The first-order chi connectivity index (χ1) is 13.3. The predicted molar refractivity (Wildman–Crippen MR) is 114 cm³/mol. The molecule has 6 nitrogen and oxygen atoms in total. The van der Waals surface area contributed by atoms with E-state index in [0.29, 0.717) is 27.2 Å². The highest BCUT2D eigenvalue weighted by molar-refractivity contribution is 7.20. The van der Waals surface area contributed by atoms with Crippen LogP contribution in [0.5, 0.6) is 0 Å². The topological polar surface area (TPSA) is 67.2 Å². The quantitative estimate of drug-likeness (QED) is 0.693. The van der Waals surface area contributed by atoms with Crippen molar-refractivity contribution in [2.75, 3.05) is 20.6 Å². The lowest BCUT2D eigenvalue weighted by atomic mass is 10.0. The molecule has 2 aromatic heterocycles. The monoisotopic (exact) mass is 398 g/mol. The van der Waals surface area contributed by atoms with E-state index in [4.69, 9.17) is 0 Å². The maximum Gasteiger partial charge on any atom is 0.262 e. The molecule has 0 saturated carbocycles. The SMILES string of the molecule is CCc1ccc([C@@H](CNC(=O)c2sc3ncn(C)c(=O)c3c2C)N(C)C)cc1. The van der Waals surface area contributed by atoms with Crippen molar-refractivity contribution in [1.82, 2.24) is 19.8 Å². The van der Waals surface area contributed by atoms with Crippen molar-refractivity contribution in [1.29, 1.82) is 0 Å². The van der Waals surface area contributed by atoms with Crippen molar-refractivity contribution < 1.29 is 4.79 Å². The molecule has 1 aromatic carbocycles. The number of hydrogen-bond acceptors (Lipinski definition) is 5. The van der Waals surface area contributed by atoms with Gasteiger partial charge in [0, 0.05) is 13.6 Å². The number of aryl methyl sites for hydroxylation is 3. The van der Waals surface area contributed by atoms with Crippen molar-refractivity contribution in [2.45, 2.75) is 26.3 Å². The third kappa shape index (κ3) is 3.86. The molecule has 0 spiro atoms. The Hall–Kier alpha value is -2.51. The molecule has 0 unspecified atom stereocenters. The number of fused-ring (bicyclic) bond motifs is 1. The molecular weight excluding hydrogens is 372 g/mol. The van der Waals surface area contributed by atoms with Gasteiger partial charge in [-0.2, -0.15) is 0 Å². The van der Waals surface area contributed by atoms with Crippen LogP contribution in [-0.2, 0) is 13.5 Å². The van der Waals surface area contributed by atoms with Gasteiger partial charge >= 0.3 is 0 Å². The summed E-state index contributed by atoms with van der Waals surface area (Å²) < 4.78 is 1.44. The molecule has 0 saturated heterocycles. The first kappa shape index (κ1) is 20.2. The Bertz CT molecular complexity index is 1050. The standard InChI is InChI=1S/C21H26N4O2S/c1-6-14-7-9-15(10-8-14)16(24(3)4)11-22-19(26)18-13(2)17-20(28-18)23-12-25(5)21(17)27/h7-10,12,16H,6,11H2,1-5H3,(H,22,26)/t16-/m1/s1. The minimum Gasteiger partial charge on any atom is -0.349 e. The number of amides is 1. The zero-order valence-electron chi connectivity index (χ0n) is 16.9. The number of nitrogens with one attached hydrogen (secondary N) is 1. The summed E-state index contributed by atoms with van der Waals surface area (Å²) in [6, 6.07) is 8.56. The van der Waals surface area contributed by atoms with Gasteiger partial charge in [0.05, 0.1) is 22.6 Å². The number of benzene rings is 1. The van der Waals surface area contributed by atoms with Crippen LogP contribution in [0.2, 0.25) is 0 Å². The number of carbonyl (C=O) groups is 1. The van der Waals surface area contributed by atoms with E-state index in [1.807, 2.05) is 21.0 Å². The lowest BCUT2D eigenvalue weighted by Gasteiger charge is -2.25. The van der Waals surface area contributed by atoms with Gasteiger partial charge in [0.15, 0.2) is 0 Å². The lowest BCUT2D eigenvalue weighted by molar-refractivity contribution is 0.0945. The number of aromatic nitrogens is 2. The first-order valence-corrected chi connectivity index (χ1v) is 10.1. The van der Waals surface area contributed by atoms with Gasteiger partial charge in [-0.15, -0.1) is 11.3 Å². The Kier molecular flexibility index (Phi) is 5.96. The summed E-state index contributed by atoms with van der Waals surface area (Å²) in [7, 11) is 5.67. The van der Waals surface area contributed by atoms with Crippen molar-refractivity contribution >= 4 is 27.5 Å². The Morgan fingerprint density at radius 1 is 1.29 bits per heavy atom. The van der Waals surface area contributed by atoms with E-state index >= 15 is 0 Å². The molecule has 0 aliphatic rings. The summed E-state index contributed by atoms with van der Waals surface area (Å²) in [5.74, 6) is -0.167. The number of hydrogen-bond donors (Lipinski definition) is 1. The average molecular weight is 399 g/mol. The highest BCUT2D eigenvalue weighted by atomic mass is 32.1. The second kappa shape index (κ2) is 8.24. The fraction of sp³-hybridized carbons (Fsp3) is 0.381. The predicted octanol–water partition coefficient (Wildman–Crippen LogP) is 2.90. The maximum atomic E-state index is 12.8. The van der Waals surface area contributed by atoms with Crippen LogP contribution in [0.1, 0.15) is 39.3 Å². The largest absolute Gasteiger partial charge is 0.349 e. The molecule has 0 aliphatic heterocycles. The summed E-state index contributed by atoms with van der Waals surface area (Å²) in [6.07, 6.45) is 2.49. The van der Waals surface area contributed by atoms with E-state index < -0.39 is 0 Å². The minimum atomic E-state index is -0.167. The van der Waals surface area contributed by atoms with Crippen LogP contribution in [0.3, 0.4) is 0 Å². The Balaban J connectivity index is 1.81. The summed E-state index contributed by atoms with van der Waals surface area (Å²) >= 11 is 1.27. The van der Waals surface area contributed by atoms with Gasteiger partial charge in [-0.05, 0) is 44.1 Å². The fourth-order valence-electron chi connectivity index (χ4n) is 3.27. The molecule has 1 N–H and O–H groups in total. The van der Waals surface area contributed by atoms with E-state index in [1.165, 1.54) is 27.8 Å². The molecule has 3 aromatic rings. The van der Waals surface area contributed by atoms with Crippen LogP contribution >= 0.6 is 11.3 Å². The van der Waals surface area contributed by atoms with Crippen LogP contribution in [0.4, 0.5) is 0 Å². The smallest absolute Gasteiger partial charge is 0.262 e. The number of likely N-dealkylation sites (N-methyl/N-ethyl adjacent to an activating group) is 1. The van der Waals surface area contributed by atoms with Gasteiger partial charge < -0.3 is 14.8 Å². The van der Waals surface area contributed by atoms with E-state index in [1.54, 1.807) is 7.05 Å². The second-order valence-electron chi connectivity index (χ2n) is 7.18. The lowest BCUT2D eigenvalue weighted by Crippen LogP contribution is -2.34. The zero-order valence-corrected chi connectivity index (χ0v) is 17.8. The van der Waals surface area contributed by atoms with Crippen molar-refractivity contribution in [3.8, 4) is 0 Å². The Labute approximate surface area is 168 Å².